The molecule has 0 aliphatic heterocycles. The zero-order valence-electron chi connectivity index (χ0n) is 10.4. The summed E-state index contributed by atoms with van der Waals surface area (Å²) in [5.41, 5.74) is 0.825. The molecule has 0 bridgehead atoms. The van der Waals surface area contributed by atoms with E-state index in [4.69, 9.17) is 0 Å². The van der Waals surface area contributed by atoms with E-state index in [1.165, 1.54) is 0 Å². The Morgan fingerprint density at radius 2 is 2.28 bits per heavy atom. The number of pyridine rings is 1. The first-order valence-electron chi connectivity index (χ1n) is 6.07. The van der Waals surface area contributed by atoms with Crippen LogP contribution in [0.25, 0.3) is 5.65 Å². The predicted octanol–water partition coefficient (Wildman–Crippen LogP) is -0.00250. The van der Waals surface area contributed by atoms with E-state index in [1.54, 1.807) is 0 Å². The fraction of sp³-hybridized carbons (Fsp3) is 0.417. The van der Waals surface area contributed by atoms with E-state index < -0.39 is 0 Å². The SMILES string of the molecule is CCNCC(=O)NCCc1nnc2ccccn12. The summed E-state index contributed by atoms with van der Waals surface area (Å²) in [5.74, 6) is 0.861. The Bertz CT molecular complexity index is 522. The highest BCUT2D eigenvalue weighted by atomic mass is 16.1. The lowest BCUT2D eigenvalue weighted by Gasteiger charge is -2.04. The molecule has 0 unspecified atom stereocenters. The Morgan fingerprint density at radius 1 is 1.39 bits per heavy atom. The Kier molecular flexibility index (Phi) is 4.25. The van der Waals surface area contributed by atoms with Gasteiger partial charge < -0.3 is 10.6 Å². The maximum atomic E-state index is 11.4. The van der Waals surface area contributed by atoms with Crippen molar-refractivity contribution in [2.45, 2.75) is 13.3 Å². The van der Waals surface area contributed by atoms with Gasteiger partial charge in [-0.2, -0.15) is 0 Å². The molecule has 2 aromatic heterocycles. The second kappa shape index (κ2) is 6.11. The number of aromatic nitrogens is 3. The minimum Gasteiger partial charge on any atom is -0.355 e. The lowest BCUT2D eigenvalue weighted by molar-refractivity contribution is -0.120. The third kappa shape index (κ3) is 3.04. The molecule has 0 aliphatic rings. The third-order valence-electron chi connectivity index (χ3n) is 2.59. The van der Waals surface area contributed by atoms with Crippen molar-refractivity contribution >= 4 is 11.6 Å². The minimum absolute atomic E-state index is 0.00525. The molecule has 6 nitrogen and oxygen atoms in total. The number of carbonyl (C=O) groups excluding carboxylic acids is 1. The summed E-state index contributed by atoms with van der Waals surface area (Å²) in [6.45, 7) is 3.69. The fourth-order valence-electron chi connectivity index (χ4n) is 1.68. The van der Waals surface area contributed by atoms with Gasteiger partial charge >= 0.3 is 0 Å². The first kappa shape index (κ1) is 12.5. The quantitative estimate of drug-likeness (QED) is 0.753. The third-order valence-corrected chi connectivity index (χ3v) is 2.59. The number of amides is 1. The van der Waals surface area contributed by atoms with Crippen molar-refractivity contribution in [3.8, 4) is 0 Å². The zero-order valence-corrected chi connectivity index (χ0v) is 10.4. The van der Waals surface area contributed by atoms with Crippen LogP contribution in [0.15, 0.2) is 24.4 Å². The second-order valence-corrected chi connectivity index (χ2v) is 3.93. The average molecular weight is 247 g/mol. The summed E-state index contributed by atoms with van der Waals surface area (Å²) < 4.78 is 1.93. The lowest BCUT2D eigenvalue weighted by Crippen LogP contribution is -2.35. The normalized spacial score (nSPS) is 10.7. The molecule has 6 heteroatoms. The van der Waals surface area contributed by atoms with E-state index >= 15 is 0 Å². The van der Waals surface area contributed by atoms with Crippen LogP contribution in [-0.2, 0) is 11.2 Å². The Hall–Kier alpha value is -1.95. The summed E-state index contributed by atoms with van der Waals surface area (Å²) in [7, 11) is 0. The molecule has 18 heavy (non-hydrogen) atoms. The highest BCUT2D eigenvalue weighted by Gasteiger charge is 2.05. The van der Waals surface area contributed by atoms with Gasteiger partial charge in [-0.25, -0.2) is 0 Å². The Morgan fingerprint density at radius 3 is 3.11 bits per heavy atom. The van der Waals surface area contributed by atoms with Crippen LogP contribution in [0.3, 0.4) is 0 Å². The topological polar surface area (TPSA) is 71.3 Å². The Labute approximate surface area is 105 Å². The summed E-state index contributed by atoms with van der Waals surface area (Å²) in [5, 5.41) is 14.0. The van der Waals surface area contributed by atoms with Crippen molar-refractivity contribution in [1.82, 2.24) is 25.2 Å². The van der Waals surface area contributed by atoms with Crippen LogP contribution < -0.4 is 10.6 Å². The molecule has 0 atom stereocenters. The van der Waals surface area contributed by atoms with Gasteiger partial charge in [-0.3, -0.25) is 9.20 Å². The van der Waals surface area contributed by atoms with Gasteiger partial charge in [-0.05, 0) is 18.7 Å². The summed E-state index contributed by atoms with van der Waals surface area (Å²) in [6, 6.07) is 5.76. The molecule has 2 aromatic rings. The Balaban J connectivity index is 1.85. The standard InChI is InChI=1S/C12H17N5O/c1-2-13-9-12(18)14-7-6-11-16-15-10-5-3-4-8-17(10)11/h3-5,8,13H,2,6-7,9H2,1H3,(H,14,18). The maximum Gasteiger partial charge on any atom is 0.233 e. The molecule has 0 saturated carbocycles. The van der Waals surface area contributed by atoms with Gasteiger partial charge in [-0.1, -0.05) is 13.0 Å². The fourth-order valence-corrected chi connectivity index (χ4v) is 1.68. The van der Waals surface area contributed by atoms with Crippen molar-refractivity contribution in [2.75, 3.05) is 19.6 Å². The highest BCUT2D eigenvalue weighted by Crippen LogP contribution is 2.02. The van der Waals surface area contributed by atoms with Crippen LogP contribution in [0.4, 0.5) is 0 Å². The first-order chi connectivity index (χ1) is 8.81. The average Bonchev–Trinajstić information content (AvgIpc) is 2.80. The molecular weight excluding hydrogens is 230 g/mol. The number of rotatable bonds is 6. The number of hydrogen-bond donors (Lipinski definition) is 2. The van der Waals surface area contributed by atoms with Gasteiger partial charge in [0.1, 0.15) is 5.82 Å². The maximum absolute atomic E-state index is 11.4. The molecule has 2 rings (SSSR count). The number of nitrogens with one attached hydrogen (secondary N) is 2. The van der Waals surface area contributed by atoms with E-state index in [0.29, 0.717) is 19.5 Å². The van der Waals surface area contributed by atoms with Crippen LogP contribution in [0, 0.1) is 0 Å². The number of nitrogens with zero attached hydrogens (tertiary/aromatic N) is 3. The van der Waals surface area contributed by atoms with Gasteiger partial charge in [0.2, 0.25) is 5.91 Å². The van der Waals surface area contributed by atoms with E-state index in [2.05, 4.69) is 20.8 Å². The van der Waals surface area contributed by atoms with Crippen molar-refractivity contribution in [1.29, 1.82) is 0 Å². The van der Waals surface area contributed by atoms with Crippen molar-refractivity contribution in [3.05, 3.63) is 30.2 Å². The first-order valence-corrected chi connectivity index (χ1v) is 6.07. The molecule has 0 aliphatic carbocycles. The summed E-state index contributed by atoms with van der Waals surface area (Å²) in [4.78, 5) is 11.4. The van der Waals surface area contributed by atoms with Crippen LogP contribution in [0.2, 0.25) is 0 Å². The molecule has 0 aromatic carbocycles. The number of likely N-dealkylation sites (N-methyl/N-ethyl adjacent to an activating group) is 1. The predicted molar refractivity (Wildman–Crippen MR) is 68.2 cm³/mol. The molecule has 0 spiro atoms. The largest absolute Gasteiger partial charge is 0.355 e. The number of fused-ring (bicyclic) bond motifs is 1. The van der Waals surface area contributed by atoms with Crippen LogP contribution >= 0.6 is 0 Å². The molecule has 0 radical (unpaired) electrons. The molecule has 0 fully saturated rings. The lowest BCUT2D eigenvalue weighted by atomic mass is 10.4. The summed E-state index contributed by atoms with van der Waals surface area (Å²) >= 11 is 0. The smallest absolute Gasteiger partial charge is 0.233 e. The molecule has 1 amide bonds. The zero-order chi connectivity index (χ0) is 12.8. The van der Waals surface area contributed by atoms with Gasteiger partial charge in [0.25, 0.3) is 0 Å². The molecule has 96 valence electrons. The van der Waals surface area contributed by atoms with E-state index in [1.807, 2.05) is 35.7 Å². The van der Waals surface area contributed by atoms with Crippen molar-refractivity contribution < 1.29 is 4.79 Å². The second-order valence-electron chi connectivity index (χ2n) is 3.93. The molecular formula is C12H17N5O. The van der Waals surface area contributed by atoms with Gasteiger partial charge in [0.05, 0.1) is 6.54 Å². The number of hydrogen-bond acceptors (Lipinski definition) is 4. The summed E-state index contributed by atoms with van der Waals surface area (Å²) in [6.07, 6.45) is 2.59. The van der Waals surface area contributed by atoms with Gasteiger partial charge in [-0.15, -0.1) is 10.2 Å². The number of carbonyl (C=O) groups is 1. The molecule has 0 saturated heterocycles. The molecule has 2 heterocycles. The van der Waals surface area contributed by atoms with Gasteiger partial charge in [0, 0.05) is 19.2 Å². The van der Waals surface area contributed by atoms with Crippen LogP contribution in [0.1, 0.15) is 12.7 Å². The van der Waals surface area contributed by atoms with Gasteiger partial charge in [0.15, 0.2) is 5.65 Å². The van der Waals surface area contributed by atoms with Crippen molar-refractivity contribution in [2.24, 2.45) is 0 Å². The van der Waals surface area contributed by atoms with E-state index in [-0.39, 0.29) is 5.91 Å². The highest BCUT2D eigenvalue weighted by molar-refractivity contribution is 5.77. The van der Waals surface area contributed by atoms with Crippen molar-refractivity contribution in [3.63, 3.8) is 0 Å². The van der Waals surface area contributed by atoms with Crippen LogP contribution in [0.5, 0.6) is 0 Å². The molecule has 2 N–H and O–H groups in total. The van der Waals surface area contributed by atoms with Crippen LogP contribution in [-0.4, -0.2) is 40.1 Å². The minimum atomic E-state index is 0.00525. The van der Waals surface area contributed by atoms with E-state index in [0.717, 1.165) is 18.0 Å². The monoisotopic (exact) mass is 247 g/mol. The van der Waals surface area contributed by atoms with E-state index in [9.17, 15) is 4.79 Å².